The number of carbonyl (C=O) groups is 3. The number of aliphatic carboxylic acids is 1. The number of carboxylic acid groups (broad SMARTS) is 1. The van der Waals surface area contributed by atoms with Crippen LogP contribution in [0.1, 0.15) is 60.0 Å². The summed E-state index contributed by atoms with van der Waals surface area (Å²) in [6.45, 7) is 3.42. The Bertz CT molecular complexity index is 1780. The van der Waals surface area contributed by atoms with Gasteiger partial charge in [0.05, 0.1) is 48.7 Å². The van der Waals surface area contributed by atoms with Gasteiger partial charge in [0.25, 0.3) is 0 Å². The lowest BCUT2D eigenvalue weighted by atomic mass is 9.68. The summed E-state index contributed by atoms with van der Waals surface area (Å²) in [5, 5.41) is 16.0. The van der Waals surface area contributed by atoms with Gasteiger partial charge in [-0.3, -0.25) is 24.7 Å². The SMILES string of the molecule is COc1cc(C(=O)C2CC(C(=O)NN3CCCC(C(=O)O)C3)(c3ccccc3)CCN2CCC2(c3ccc(Cl)c(Cl)c3)CCNC2)cc(OC)c1OC. The van der Waals surface area contributed by atoms with Crippen molar-refractivity contribution in [3.8, 4) is 17.2 Å². The number of benzene rings is 3. The third-order valence-electron chi connectivity index (χ3n) is 11.5. The Morgan fingerprint density at radius 1 is 0.925 bits per heavy atom. The average Bonchev–Trinajstić information content (AvgIpc) is 3.67. The van der Waals surface area contributed by atoms with Crippen molar-refractivity contribution in [3.63, 3.8) is 0 Å². The second-order valence-corrected chi connectivity index (χ2v) is 15.2. The molecule has 3 N–H and O–H groups in total. The number of carbonyl (C=O) groups excluding carboxylic acids is 2. The molecule has 4 unspecified atom stereocenters. The van der Waals surface area contributed by atoms with Crippen molar-refractivity contribution in [2.24, 2.45) is 5.92 Å². The highest BCUT2D eigenvalue weighted by atomic mass is 35.5. The van der Waals surface area contributed by atoms with Gasteiger partial charge in [-0.15, -0.1) is 0 Å². The average molecular weight is 768 g/mol. The fraction of sp³-hybridized carbons (Fsp3) is 0.475. The van der Waals surface area contributed by atoms with E-state index in [0.717, 1.165) is 37.1 Å². The molecule has 0 bridgehead atoms. The number of rotatable bonds is 13. The molecular weight excluding hydrogens is 719 g/mol. The number of ketones is 1. The molecule has 284 valence electrons. The van der Waals surface area contributed by atoms with Crippen LogP contribution in [-0.4, -0.2) is 99.3 Å². The van der Waals surface area contributed by atoms with E-state index in [1.807, 2.05) is 48.5 Å². The first-order chi connectivity index (χ1) is 25.5. The van der Waals surface area contributed by atoms with E-state index in [0.29, 0.717) is 71.8 Å². The maximum atomic E-state index is 15.0. The summed E-state index contributed by atoms with van der Waals surface area (Å²) in [4.78, 5) is 43.8. The number of hydrogen-bond acceptors (Lipinski definition) is 9. The fourth-order valence-electron chi connectivity index (χ4n) is 8.41. The quantitative estimate of drug-likeness (QED) is 0.185. The molecule has 3 aliphatic rings. The van der Waals surface area contributed by atoms with Gasteiger partial charge in [0.2, 0.25) is 11.7 Å². The van der Waals surface area contributed by atoms with Crippen LogP contribution in [0.15, 0.2) is 60.7 Å². The first-order valence-electron chi connectivity index (χ1n) is 18.1. The molecule has 3 aliphatic heterocycles. The van der Waals surface area contributed by atoms with Gasteiger partial charge in [-0.2, -0.15) is 0 Å². The summed E-state index contributed by atoms with van der Waals surface area (Å²) in [6.07, 6.45) is 3.51. The molecule has 0 radical (unpaired) electrons. The Kier molecular flexibility index (Phi) is 12.2. The van der Waals surface area contributed by atoms with Crippen LogP contribution in [0.4, 0.5) is 0 Å². The van der Waals surface area contributed by atoms with Crippen molar-refractivity contribution in [2.75, 3.05) is 60.6 Å². The lowest BCUT2D eigenvalue weighted by molar-refractivity contribution is -0.146. The van der Waals surface area contributed by atoms with Crippen LogP contribution in [0.5, 0.6) is 17.2 Å². The third kappa shape index (κ3) is 8.00. The zero-order valence-electron chi connectivity index (χ0n) is 30.5. The highest BCUT2D eigenvalue weighted by molar-refractivity contribution is 6.42. The predicted octanol–water partition coefficient (Wildman–Crippen LogP) is 5.75. The molecule has 1 amide bonds. The highest BCUT2D eigenvalue weighted by Gasteiger charge is 2.50. The first-order valence-corrected chi connectivity index (χ1v) is 18.9. The number of amides is 1. The zero-order valence-corrected chi connectivity index (χ0v) is 32.0. The van der Waals surface area contributed by atoms with Gasteiger partial charge in [-0.25, -0.2) is 5.01 Å². The number of hydrogen-bond donors (Lipinski definition) is 3. The molecule has 0 saturated carbocycles. The molecule has 6 rings (SSSR count). The zero-order chi connectivity index (χ0) is 37.8. The molecule has 4 atom stereocenters. The van der Waals surface area contributed by atoms with Crippen LogP contribution in [-0.2, 0) is 20.4 Å². The Morgan fingerprint density at radius 3 is 2.28 bits per heavy atom. The van der Waals surface area contributed by atoms with Gasteiger partial charge in [0, 0.05) is 37.2 Å². The molecule has 3 fully saturated rings. The van der Waals surface area contributed by atoms with Crippen LogP contribution >= 0.6 is 23.2 Å². The largest absolute Gasteiger partial charge is 0.493 e. The maximum absolute atomic E-state index is 15.0. The number of ether oxygens (including phenoxy) is 3. The third-order valence-corrected chi connectivity index (χ3v) is 12.2. The van der Waals surface area contributed by atoms with E-state index in [9.17, 15) is 19.5 Å². The van der Waals surface area contributed by atoms with Gasteiger partial charge in [-0.1, -0.05) is 59.6 Å². The molecule has 3 heterocycles. The standard InChI is InChI=1S/C40H48Cl2N4O7/c1-51-33-20-27(21-34(52-2)36(33)53-3)35(47)32-23-40(28-9-5-4-6-10-28,38(50)44-46-17-7-8-26(24-46)37(48)49)15-19-45(32)18-14-39(13-16-43-25-39)29-11-12-30(41)31(42)22-29/h4-6,9-12,20-22,26,32,43H,7-8,13-19,23-25H2,1-3H3,(H,44,50)(H,48,49). The van der Waals surface area contributed by atoms with Crippen molar-refractivity contribution in [2.45, 2.75) is 55.4 Å². The number of halogens is 2. The van der Waals surface area contributed by atoms with Gasteiger partial charge in [0.15, 0.2) is 17.3 Å². The molecule has 0 aliphatic carbocycles. The van der Waals surface area contributed by atoms with Gasteiger partial charge < -0.3 is 24.6 Å². The summed E-state index contributed by atoms with van der Waals surface area (Å²) in [5.74, 6) is -0.762. The molecule has 53 heavy (non-hydrogen) atoms. The minimum absolute atomic E-state index is 0.172. The summed E-state index contributed by atoms with van der Waals surface area (Å²) < 4.78 is 16.8. The maximum Gasteiger partial charge on any atom is 0.307 e. The molecule has 3 aromatic rings. The van der Waals surface area contributed by atoms with Crippen LogP contribution in [0.25, 0.3) is 0 Å². The van der Waals surface area contributed by atoms with Crippen LogP contribution in [0.2, 0.25) is 10.0 Å². The number of methoxy groups -OCH3 is 3. The number of carboxylic acids is 1. The number of nitrogens with zero attached hydrogens (tertiary/aromatic N) is 2. The lowest BCUT2D eigenvalue weighted by Crippen LogP contribution is -2.61. The number of piperidine rings is 2. The lowest BCUT2D eigenvalue weighted by Gasteiger charge is -2.47. The van der Waals surface area contributed by atoms with Gasteiger partial charge in [0.1, 0.15) is 0 Å². The molecule has 3 saturated heterocycles. The van der Waals surface area contributed by atoms with E-state index in [1.54, 1.807) is 17.1 Å². The second kappa shape index (κ2) is 16.7. The molecule has 13 heteroatoms. The molecular formula is C40H48Cl2N4O7. The number of nitrogens with one attached hydrogen (secondary N) is 2. The van der Waals surface area contributed by atoms with Crippen LogP contribution in [0.3, 0.4) is 0 Å². The molecule has 0 aromatic heterocycles. The Morgan fingerprint density at radius 2 is 1.66 bits per heavy atom. The van der Waals surface area contributed by atoms with Crippen LogP contribution < -0.4 is 25.0 Å². The van der Waals surface area contributed by atoms with Gasteiger partial charge in [-0.05, 0) is 87.0 Å². The minimum atomic E-state index is -1.08. The van der Waals surface area contributed by atoms with E-state index >= 15 is 0 Å². The predicted molar refractivity (Wildman–Crippen MR) is 203 cm³/mol. The van der Waals surface area contributed by atoms with E-state index in [4.69, 9.17) is 37.4 Å². The monoisotopic (exact) mass is 766 g/mol. The Balaban J connectivity index is 1.38. The topological polar surface area (TPSA) is 130 Å². The normalized spacial score (nSPS) is 25.1. The first kappa shape index (κ1) is 38.8. The second-order valence-electron chi connectivity index (χ2n) is 14.4. The van der Waals surface area contributed by atoms with Crippen molar-refractivity contribution in [1.82, 2.24) is 20.7 Å². The molecule has 3 aromatic carbocycles. The number of Topliss-reactive ketones (excluding diaryl/α,β-unsaturated/α-hetero) is 1. The molecule has 11 nitrogen and oxygen atoms in total. The van der Waals surface area contributed by atoms with Crippen molar-refractivity contribution >= 4 is 40.9 Å². The van der Waals surface area contributed by atoms with E-state index in [2.05, 4.69) is 15.6 Å². The smallest absolute Gasteiger partial charge is 0.307 e. The fourth-order valence-corrected chi connectivity index (χ4v) is 8.71. The minimum Gasteiger partial charge on any atom is -0.493 e. The summed E-state index contributed by atoms with van der Waals surface area (Å²) in [6, 6.07) is 18.1. The highest BCUT2D eigenvalue weighted by Crippen LogP contribution is 2.44. The summed E-state index contributed by atoms with van der Waals surface area (Å²) >= 11 is 12.8. The van der Waals surface area contributed by atoms with E-state index in [-0.39, 0.29) is 30.1 Å². The summed E-state index contributed by atoms with van der Waals surface area (Å²) in [7, 11) is 4.54. The Hall–Kier alpha value is -3.87. The molecule has 0 spiro atoms. The van der Waals surface area contributed by atoms with E-state index in [1.165, 1.54) is 21.3 Å². The summed E-state index contributed by atoms with van der Waals surface area (Å²) in [5.41, 5.74) is 4.08. The Labute approximate surface area is 320 Å². The van der Waals surface area contributed by atoms with Crippen molar-refractivity contribution in [1.29, 1.82) is 0 Å². The number of hydrazine groups is 1. The van der Waals surface area contributed by atoms with Gasteiger partial charge >= 0.3 is 5.97 Å². The van der Waals surface area contributed by atoms with Crippen molar-refractivity contribution in [3.05, 3.63) is 87.4 Å². The van der Waals surface area contributed by atoms with Crippen molar-refractivity contribution < 1.29 is 33.7 Å². The van der Waals surface area contributed by atoms with Crippen LogP contribution in [0, 0.1) is 5.92 Å². The van der Waals surface area contributed by atoms with E-state index < -0.39 is 23.3 Å². The number of likely N-dealkylation sites (tertiary alicyclic amines) is 1.